The molecule has 0 saturated heterocycles. The standard InChI is InChI=1S/C10H8O2.CHClO/c1-7-2-4-9-8(6-7)3-5-10(11)12-9;2-1-3/h2-6H,1H3;1H. The third-order valence-electron chi connectivity index (χ3n) is 1.77. The number of hydrogen-bond acceptors (Lipinski definition) is 3. The number of fused-ring (bicyclic) bond motifs is 1. The van der Waals surface area contributed by atoms with E-state index in [1.54, 1.807) is 6.07 Å². The normalized spacial score (nSPS) is 9.20. The van der Waals surface area contributed by atoms with Crippen molar-refractivity contribution in [3.8, 4) is 0 Å². The highest BCUT2D eigenvalue weighted by Gasteiger charge is 1.95. The molecule has 0 unspecified atom stereocenters. The van der Waals surface area contributed by atoms with Gasteiger partial charge in [-0.1, -0.05) is 11.6 Å². The summed E-state index contributed by atoms with van der Waals surface area (Å²) in [6, 6.07) is 8.92. The molecule has 0 N–H and O–H groups in total. The SMILES string of the molecule is Cc1ccc2oc(=O)ccc2c1.O=CCl. The van der Waals surface area contributed by atoms with Gasteiger partial charge in [0, 0.05) is 11.5 Å². The summed E-state index contributed by atoms with van der Waals surface area (Å²) in [6.45, 7) is 2.00. The predicted octanol–water partition coefficient (Wildman–Crippen LogP) is 2.52. The molecule has 3 nitrogen and oxygen atoms in total. The molecule has 0 radical (unpaired) electrons. The van der Waals surface area contributed by atoms with Gasteiger partial charge in [0.1, 0.15) is 5.58 Å². The molecular formula is C11H9ClO3. The molecule has 15 heavy (non-hydrogen) atoms. The van der Waals surface area contributed by atoms with Gasteiger partial charge >= 0.3 is 5.63 Å². The van der Waals surface area contributed by atoms with Gasteiger partial charge in [-0.05, 0) is 36.7 Å². The first-order valence-corrected chi connectivity index (χ1v) is 4.65. The zero-order chi connectivity index (χ0) is 11.3. The first-order chi connectivity index (χ1) is 7.17. The van der Waals surface area contributed by atoms with Crippen molar-refractivity contribution in [3.05, 3.63) is 46.3 Å². The molecule has 2 rings (SSSR count). The van der Waals surface area contributed by atoms with Crippen LogP contribution in [0.3, 0.4) is 0 Å². The van der Waals surface area contributed by atoms with Crippen molar-refractivity contribution in [1.82, 2.24) is 0 Å². The number of benzene rings is 1. The van der Waals surface area contributed by atoms with Crippen LogP contribution in [-0.2, 0) is 4.79 Å². The Morgan fingerprint density at radius 3 is 2.60 bits per heavy atom. The molecule has 1 aromatic heterocycles. The monoisotopic (exact) mass is 224 g/mol. The van der Waals surface area contributed by atoms with Gasteiger partial charge in [-0.15, -0.1) is 0 Å². The van der Waals surface area contributed by atoms with E-state index in [9.17, 15) is 4.79 Å². The van der Waals surface area contributed by atoms with Crippen LogP contribution in [-0.4, -0.2) is 5.75 Å². The maximum absolute atomic E-state index is 10.8. The van der Waals surface area contributed by atoms with Crippen molar-refractivity contribution >= 4 is 28.3 Å². The van der Waals surface area contributed by atoms with Crippen LogP contribution in [0.2, 0.25) is 0 Å². The molecule has 4 heteroatoms. The summed E-state index contributed by atoms with van der Waals surface area (Å²) in [5, 5.41) is 0.967. The van der Waals surface area contributed by atoms with Crippen molar-refractivity contribution < 1.29 is 9.21 Å². The minimum atomic E-state index is -0.300. The lowest BCUT2D eigenvalue weighted by atomic mass is 10.2. The Morgan fingerprint density at radius 1 is 1.27 bits per heavy atom. The molecule has 0 aliphatic rings. The molecule has 1 aromatic carbocycles. The van der Waals surface area contributed by atoms with Crippen LogP contribution >= 0.6 is 11.6 Å². The van der Waals surface area contributed by atoms with E-state index < -0.39 is 0 Å². The van der Waals surface area contributed by atoms with Crippen molar-refractivity contribution in [2.24, 2.45) is 0 Å². The number of halogens is 1. The number of aryl methyl sites for hydroxylation is 1. The lowest BCUT2D eigenvalue weighted by molar-refractivity contribution is 0.561. The van der Waals surface area contributed by atoms with Gasteiger partial charge in [0.15, 0.2) is 0 Å². The van der Waals surface area contributed by atoms with Crippen LogP contribution in [0.1, 0.15) is 5.56 Å². The van der Waals surface area contributed by atoms with Gasteiger partial charge in [-0.3, -0.25) is 4.79 Å². The summed E-state index contributed by atoms with van der Waals surface area (Å²) < 4.78 is 4.96. The van der Waals surface area contributed by atoms with Gasteiger partial charge in [0.2, 0.25) is 5.75 Å². The van der Waals surface area contributed by atoms with Crippen molar-refractivity contribution in [2.75, 3.05) is 0 Å². The van der Waals surface area contributed by atoms with E-state index in [0.717, 1.165) is 10.9 Å². The van der Waals surface area contributed by atoms with Crippen molar-refractivity contribution in [3.63, 3.8) is 0 Å². The largest absolute Gasteiger partial charge is 0.423 e. The Labute approximate surface area is 91.3 Å². The second kappa shape index (κ2) is 5.32. The molecule has 0 fully saturated rings. The fraction of sp³-hybridized carbons (Fsp3) is 0.0909. The molecular weight excluding hydrogens is 216 g/mol. The fourth-order valence-electron chi connectivity index (χ4n) is 1.19. The van der Waals surface area contributed by atoms with E-state index in [1.165, 1.54) is 6.07 Å². The van der Waals surface area contributed by atoms with Crippen LogP contribution in [0.15, 0.2) is 39.5 Å². The van der Waals surface area contributed by atoms with Crippen LogP contribution in [0.4, 0.5) is 0 Å². The Bertz CT molecular complexity index is 516. The van der Waals surface area contributed by atoms with Gasteiger partial charge < -0.3 is 4.42 Å². The van der Waals surface area contributed by atoms with Gasteiger partial charge in [0.25, 0.3) is 0 Å². The summed E-state index contributed by atoms with van der Waals surface area (Å²) in [5.41, 5.74) is 1.51. The molecule has 0 atom stereocenters. The van der Waals surface area contributed by atoms with Gasteiger partial charge in [-0.2, -0.15) is 0 Å². The predicted molar refractivity (Wildman–Crippen MR) is 59.8 cm³/mol. The molecule has 78 valence electrons. The third-order valence-corrected chi connectivity index (χ3v) is 1.77. The lowest BCUT2D eigenvalue weighted by Crippen LogP contribution is -1.93. The summed E-state index contributed by atoms with van der Waals surface area (Å²) in [6.07, 6.45) is 0. The molecule has 1 heterocycles. The highest BCUT2D eigenvalue weighted by atomic mass is 35.5. The van der Waals surface area contributed by atoms with Crippen molar-refractivity contribution in [2.45, 2.75) is 6.92 Å². The van der Waals surface area contributed by atoms with E-state index in [2.05, 4.69) is 11.6 Å². The summed E-state index contributed by atoms with van der Waals surface area (Å²) >= 11 is 4.32. The van der Waals surface area contributed by atoms with Crippen LogP contribution in [0.5, 0.6) is 0 Å². The summed E-state index contributed by atoms with van der Waals surface area (Å²) in [5.74, 6) is 0.222. The smallest absolute Gasteiger partial charge is 0.336 e. The lowest BCUT2D eigenvalue weighted by Gasteiger charge is -1.95. The minimum Gasteiger partial charge on any atom is -0.423 e. The van der Waals surface area contributed by atoms with Crippen LogP contribution in [0.25, 0.3) is 11.0 Å². The van der Waals surface area contributed by atoms with E-state index in [1.807, 2.05) is 25.1 Å². The van der Waals surface area contributed by atoms with E-state index in [4.69, 9.17) is 9.21 Å². The fourth-order valence-corrected chi connectivity index (χ4v) is 1.19. The highest BCUT2D eigenvalue weighted by Crippen LogP contribution is 2.12. The molecule has 0 aliphatic carbocycles. The number of hydrogen-bond donors (Lipinski definition) is 0. The summed E-state index contributed by atoms with van der Waals surface area (Å²) in [4.78, 5) is 19.4. The zero-order valence-electron chi connectivity index (χ0n) is 8.07. The first kappa shape index (κ1) is 11.5. The Hall–Kier alpha value is -1.61. The van der Waals surface area contributed by atoms with Crippen LogP contribution in [0, 0.1) is 6.92 Å². The molecule has 2 aromatic rings. The second-order valence-corrected chi connectivity index (χ2v) is 3.06. The Kier molecular flexibility index (Phi) is 4.06. The molecule has 0 bridgehead atoms. The Morgan fingerprint density at radius 2 is 1.93 bits per heavy atom. The average molecular weight is 225 g/mol. The van der Waals surface area contributed by atoms with Crippen molar-refractivity contribution in [1.29, 1.82) is 0 Å². The molecule has 0 spiro atoms. The number of carbonyl (C=O) groups is 1. The van der Waals surface area contributed by atoms with Crippen LogP contribution < -0.4 is 5.63 Å². The highest BCUT2D eigenvalue weighted by molar-refractivity contribution is 6.54. The Balaban J connectivity index is 0.000000337. The molecule has 0 aliphatic heterocycles. The topological polar surface area (TPSA) is 47.3 Å². The summed E-state index contributed by atoms with van der Waals surface area (Å²) in [7, 11) is 0. The zero-order valence-corrected chi connectivity index (χ0v) is 8.82. The van der Waals surface area contributed by atoms with E-state index >= 15 is 0 Å². The third kappa shape index (κ3) is 3.22. The van der Waals surface area contributed by atoms with Gasteiger partial charge in [0.05, 0.1) is 0 Å². The maximum atomic E-state index is 10.8. The average Bonchev–Trinajstić information content (AvgIpc) is 2.20. The quantitative estimate of drug-likeness (QED) is 0.392. The van der Waals surface area contributed by atoms with Gasteiger partial charge in [-0.25, -0.2) is 4.79 Å². The minimum absolute atomic E-state index is 0.222. The van der Waals surface area contributed by atoms with E-state index in [0.29, 0.717) is 5.58 Å². The second-order valence-electron chi connectivity index (χ2n) is 2.88. The molecule has 0 saturated carbocycles. The number of rotatable bonds is 0. The first-order valence-electron chi connectivity index (χ1n) is 4.22. The molecule has 0 amide bonds. The number of carbonyl (C=O) groups excluding carboxylic acids is 1. The maximum Gasteiger partial charge on any atom is 0.336 e. The van der Waals surface area contributed by atoms with E-state index in [-0.39, 0.29) is 11.4 Å².